The summed E-state index contributed by atoms with van der Waals surface area (Å²) in [4.78, 5) is 14.1. The zero-order chi connectivity index (χ0) is 15.4. The maximum absolute atomic E-state index is 12.3. The second-order valence-electron chi connectivity index (χ2n) is 5.28. The summed E-state index contributed by atoms with van der Waals surface area (Å²) < 4.78 is 1.09. The van der Waals surface area contributed by atoms with Crippen molar-refractivity contribution >= 4 is 38.9 Å². The molecule has 0 fully saturated rings. The molecule has 112 valence electrons. The molecule has 0 aliphatic carbocycles. The summed E-state index contributed by atoms with van der Waals surface area (Å²) in [5.74, 6) is 0.344. The van der Waals surface area contributed by atoms with Crippen LogP contribution < -0.4 is 5.73 Å². The second-order valence-corrected chi connectivity index (χ2v) is 7.57. The molecule has 2 aromatic rings. The molecule has 1 atom stereocenters. The first-order valence-corrected chi connectivity index (χ1v) is 8.45. The number of carbonyl (C=O) groups excluding carboxylic acids is 1. The van der Waals surface area contributed by atoms with Crippen LogP contribution in [0.4, 0.5) is 5.69 Å². The number of rotatable bonds is 5. The molecule has 0 spiro atoms. The lowest BCUT2D eigenvalue weighted by Gasteiger charge is -2.19. The quantitative estimate of drug-likeness (QED) is 0.804. The number of hydrogen-bond acceptors (Lipinski definition) is 3. The summed E-state index contributed by atoms with van der Waals surface area (Å²) in [5.41, 5.74) is 8.73. The highest BCUT2D eigenvalue weighted by Crippen LogP contribution is 2.23. The van der Waals surface area contributed by atoms with Crippen LogP contribution in [0.3, 0.4) is 0 Å². The summed E-state index contributed by atoms with van der Waals surface area (Å²) in [6, 6.07) is 9.79. The van der Waals surface area contributed by atoms with Gasteiger partial charge in [0, 0.05) is 25.7 Å². The van der Waals surface area contributed by atoms with Crippen LogP contribution >= 0.6 is 27.3 Å². The van der Waals surface area contributed by atoms with Crippen molar-refractivity contribution in [3.63, 3.8) is 0 Å². The maximum Gasteiger partial charge on any atom is 0.223 e. The lowest BCUT2D eigenvalue weighted by molar-refractivity contribution is -0.130. The molecule has 0 saturated carbocycles. The molecule has 2 N–H and O–H groups in total. The standard InChI is InChI=1S/C16H19BrN2OS/c1-11(13-3-5-14(18)6-4-13)7-16(20)19(2)9-12-8-15(17)21-10-12/h3-6,8,10-11H,7,9,18H2,1-2H3. The van der Waals surface area contributed by atoms with Gasteiger partial charge in [0.25, 0.3) is 0 Å². The number of thiophene rings is 1. The Morgan fingerprint density at radius 3 is 2.62 bits per heavy atom. The fourth-order valence-corrected chi connectivity index (χ4v) is 3.35. The van der Waals surface area contributed by atoms with Crippen molar-refractivity contribution in [1.82, 2.24) is 4.90 Å². The van der Waals surface area contributed by atoms with Gasteiger partial charge in [-0.15, -0.1) is 11.3 Å². The number of carbonyl (C=O) groups is 1. The molecule has 0 radical (unpaired) electrons. The summed E-state index contributed by atoms with van der Waals surface area (Å²) in [7, 11) is 1.85. The number of halogens is 1. The Bertz CT molecular complexity index is 609. The molecule has 0 aliphatic heterocycles. The molecule has 5 heteroatoms. The third-order valence-corrected chi connectivity index (χ3v) is 5.01. The Morgan fingerprint density at radius 2 is 2.05 bits per heavy atom. The van der Waals surface area contributed by atoms with Crippen LogP contribution in [-0.4, -0.2) is 17.9 Å². The maximum atomic E-state index is 12.3. The van der Waals surface area contributed by atoms with E-state index < -0.39 is 0 Å². The lowest BCUT2D eigenvalue weighted by atomic mass is 9.97. The highest BCUT2D eigenvalue weighted by Gasteiger charge is 2.15. The number of hydrogen-bond donors (Lipinski definition) is 1. The van der Waals surface area contributed by atoms with Crippen LogP contribution in [0.1, 0.15) is 30.4 Å². The molecule has 2 rings (SSSR count). The van der Waals surface area contributed by atoms with E-state index in [0.717, 1.165) is 20.6 Å². The number of nitrogens with zero attached hydrogens (tertiary/aromatic N) is 1. The van der Waals surface area contributed by atoms with E-state index in [9.17, 15) is 4.79 Å². The summed E-state index contributed by atoms with van der Waals surface area (Å²) in [6.07, 6.45) is 0.506. The van der Waals surface area contributed by atoms with Gasteiger partial charge < -0.3 is 10.6 Å². The second kappa shape index (κ2) is 7.09. The van der Waals surface area contributed by atoms with Crippen molar-refractivity contribution in [2.24, 2.45) is 0 Å². The number of anilines is 1. The molecule has 0 aliphatic rings. The third kappa shape index (κ3) is 4.58. The van der Waals surface area contributed by atoms with E-state index in [4.69, 9.17) is 5.73 Å². The van der Waals surface area contributed by atoms with Gasteiger partial charge in [-0.2, -0.15) is 0 Å². The highest BCUT2D eigenvalue weighted by molar-refractivity contribution is 9.11. The average Bonchev–Trinajstić information content (AvgIpc) is 2.84. The number of benzene rings is 1. The molecule has 1 unspecified atom stereocenters. The first-order valence-electron chi connectivity index (χ1n) is 6.78. The Labute approximate surface area is 137 Å². The fourth-order valence-electron chi connectivity index (χ4n) is 2.15. The van der Waals surface area contributed by atoms with Gasteiger partial charge in [0.1, 0.15) is 0 Å². The Kier molecular flexibility index (Phi) is 5.42. The smallest absolute Gasteiger partial charge is 0.223 e. The van der Waals surface area contributed by atoms with Gasteiger partial charge in [-0.3, -0.25) is 4.79 Å². The van der Waals surface area contributed by atoms with E-state index in [1.165, 1.54) is 0 Å². The predicted molar refractivity (Wildman–Crippen MR) is 92.4 cm³/mol. The van der Waals surface area contributed by atoms with Crippen molar-refractivity contribution in [1.29, 1.82) is 0 Å². The SMILES string of the molecule is CC(CC(=O)N(C)Cc1csc(Br)c1)c1ccc(N)cc1. The molecule has 21 heavy (non-hydrogen) atoms. The topological polar surface area (TPSA) is 46.3 Å². The minimum Gasteiger partial charge on any atom is -0.399 e. The van der Waals surface area contributed by atoms with Gasteiger partial charge in [0.15, 0.2) is 0 Å². The monoisotopic (exact) mass is 366 g/mol. The van der Waals surface area contributed by atoms with Crippen molar-refractivity contribution in [3.8, 4) is 0 Å². The minimum absolute atomic E-state index is 0.154. The largest absolute Gasteiger partial charge is 0.399 e. The molecule has 1 amide bonds. The zero-order valence-corrected chi connectivity index (χ0v) is 14.6. The van der Waals surface area contributed by atoms with Crippen LogP contribution in [0.5, 0.6) is 0 Å². The first-order chi connectivity index (χ1) is 9.95. The third-order valence-electron chi connectivity index (χ3n) is 3.45. The molecule has 1 aromatic heterocycles. The fraction of sp³-hybridized carbons (Fsp3) is 0.312. The first kappa shape index (κ1) is 16.0. The van der Waals surface area contributed by atoms with Crippen molar-refractivity contribution < 1.29 is 4.79 Å². The highest BCUT2D eigenvalue weighted by atomic mass is 79.9. The number of nitrogens with two attached hydrogens (primary N) is 1. The van der Waals surface area contributed by atoms with Gasteiger partial charge in [0.2, 0.25) is 5.91 Å². The van der Waals surface area contributed by atoms with Crippen LogP contribution in [0, 0.1) is 0 Å². The van der Waals surface area contributed by atoms with E-state index >= 15 is 0 Å². The summed E-state index contributed by atoms with van der Waals surface area (Å²) in [5, 5.41) is 2.07. The van der Waals surface area contributed by atoms with Gasteiger partial charge >= 0.3 is 0 Å². The number of nitrogen functional groups attached to an aromatic ring is 1. The lowest BCUT2D eigenvalue weighted by Crippen LogP contribution is -2.27. The summed E-state index contributed by atoms with van der Waals surface area (Å²) in [6.45, 7) is 2.72. The predicted octanol–water partition coefficient (Wildman–Crippen LogP) is 4.25. The van der Waals surface area contributed by atoms with Crippen molar-refractivity contribution in [2.45, 2.75) is 25.8 Å². The van der Waals surface area contributed by atoms with E-state index in [-0.39, 0.29) is 11.8 Å². The van der Waals surface area contributed by atoms with Gasteiger partial charge in [-0.05, 0) is 56.6 Å². The van der Waals surface area contributed by atoms with Crippen LogP contribution in [0.2, 0.25) is 0 Å². The van der Waals surface area contributed by atoms with E-state index in [0.29, 0.717) is 13.0 Å². The molecule has 1 aromatic carbocycles. The van der Waals surface area contributed by atoms with Crippen molar-refractivity contribution in [2.75, 3.05) is 12.8 Å². The Hall–Kier alpha value is -1.33. The molecule has 3 nitrogen and oxygen atoms in total. The Morgan fingerprint density at radius 1 is 1.38 bits per heavy atom. The van der Waals surface area contributed by atoms with Gasteiger partial charge in [0.05, 0.1) is 3.79 Å². The van der Waals surface area contributed by atoms with E-state index in [2.05, 4.69) is 34.3 Å². The van der Waals surface area contributed by atoms with Crippen LogP contribution in [0.25, 0.3) is 0 Å². The normalized spacial score (nSPS) is 12.1. The minimum atomic E-state index is 0.154. The Balaban J connectivity index is 1.92. The van der Waals surface area contributed by atoms with Crippen LogP contribution in [-0.2, 0) is 11.3 Å². The number of amides is 1. The molecular weight excluding hydrogens is 348 g/mol. The van der Waals surface area contributed by atoms with E-state index in [1.807, 2.05) is 31.3 Å². The van der Waals surface area contributed by atoms with Crippen LogP contribution in [0.15, 0.2) is 39.5 Å². The molecular formula is C16H19BrN2OS. The summed E-state index contributed by atoms with van der Waals surface area (Å²) >= 11 is 5.08. The molecule has 0 saturated heterocycles. The molecule has 0 bridgehead atoms. The average molecular weight is 367 g/mol. The zero-order valence-electron chi connectivity index (χ0n) is 12.2. The van der Waals surface area contributed by atoms with E-state index in [1.54, 1.807) is 16.2 Å². The van der Waals surface area contributed by atoms with Crippen molar-refractivity contribution in [3.05, 3.63) is 50.6 Å². The molecule has 1 heterocycles. The van der Waals surface area contributed by atoms with Gasteiger partial charge in [-0.25, -0.2) is 0 Å². The van der Waals surface area contributed by atoms with Gasteiger partial charge in [-0.1, -0.05) is 19.1 Å².